The predicted octanol–water partition coefficient (Wildman–Crippen LogP) is 4.30. The van der Waals surface area contributed by atoms with Crippen molar-refractivity contribution < 1.29 is 9.53 Å². The predicted molar refractivity (Wildman–Crippen MR) is 117 cm³/mol. The van der Waals surface area contributed by atoms with Crippen molar-refractivity contribution in [2.75, 3.05) is 13.2 Å². The molecule has 1 amide bonds. The quantitative estimate of drug-likeness (QED) is 0.392. The molecule has 0 saturated heterocycles. The molecule has 1 N–H and O–H groups in total. The van der Waals surface area contributed by atoms with E-state index in [9.17, 15) is 4.79 Å². The van der Waals surface area contributed by atoms with Crippen LogP contribution in [0.5, 0.6) is 5.75 Å². The Labute approximate surface area is 172 Å². The average molecular weight is 392 g/mol. The van der Waals surface area contributed by atoms with E-state index in [4.69, 9.17) is 9.72 Å². The third-order valence-electron chi connectivity index (χ3n) is 4.85. The van der Waals surface area contributed by atoms with Gasteiger partial charge >= 0.3 is 0 Å². The number of nitrogens with zero attached hydrogens (tertiary/aromatic N) is 2. The van der Waals surface area contributed by atoms with Crippen molar-refractivity contribution in [1.82, 2.24) is 14.9 Å². The van der Waals surface area contributed by atoms with Gasteiger partial charge in [0.15, 0.2) is 0 Å². The summed E-state index contributed by atoms with van der Waals surface area (Å²) in [6.07, 6.45) is 4.78. The summed E-state index contributed by atoms with van der Waals surface area (Å²) in [5.74, 6) is 1.99. The maximum absolute atomic E-state index is 11.5. The molecule has 0 aliphatic rings. The Bertz CT molecular complexity index is 962. The van der Waals surface area contributed by atoms with E-state index in [1.807, 2.05) is 49.4 Å². The van der Waals surface area contributed by atoms with Crippen LogP contribution in [0.15, 0.2) is 61.2 Å². The molecule has 0 unspecified atom stereocenters. The fraction of sp³-hybridized carbons (Fsp3) is 0.333. The molecule has 1 aromatic heterocycles. The number of carbonyl (C=O) groups excluding carboxylic acids is 1. The maximum Gasteiger partial charge on any atom is 0.219 e. The van der Waals surface area contributed by atoms with Crippen molar-refractivity contribution in [1.29, 1.82) is 0 Å². The SMILES string of the molecule is C=CCc1ccccc1OCCCn1c(CCNC(=O)CC)nc2ccccc21. The summed E-state index contributed by atoms with van der Waals surface area (Å²) in [7, 11) is 0. The number of benzene rings is 2. The topological polar surface area (TPSA) is 56.1 Å². The largest absolute Gasteiger partial charge is 0.493 e. The first-order valence-corrected chi connectivity index (χ1v) is 10.3. The Kier molecular flexibility index (Phi) is 7.45. The minimum Gasteiger partial charge on any atom is -0.493 e. The van der Waals surface area contributed by atoms with Crippen LogP contribution in [0.25, 0.3) is 11.0 Å². The molecule has 0 spiro atoms. The van der Waals surface area contributed by atoms with Crippen molar-refractivity contribution in [3.05, 3.63) is 72.6 Å². The zero-order valence-corrected chi connectivity index (χ0v) is 17.1. The average Bonchev–Trinajstić information content (AvgIpc) is 3.09. The van der Waals surface area contributed by atoms with Crippen molar-refractivity contribution >= 4 is 16.9 Å². The summed E-state index contributed by atoms with van der Waals surface area (Å²) in [4.78, 5) is 16.3. The summed E-state index contributed by atoms with van der Waals surface area (Å²) in [5.41, 5.74) is 3.26. The lowest BCUT2D eigenvalue weighted by molar-refractivity contribution is -0.120. The van der Waals surface area contributed by atoms with E-state index in [2.05, 4.69) is 28.6 Å². The summed E-state index contributed by atoms with van der Waals surface area (Å²) in [5, 5.41) is 2.93. The molecule has 3 rings (SSSR count). The highest BCUT2D eigenvalue weighted by molar-refractivity contribution is 5.76. The molecule has 29 heavy (non-hydrogen) atoms. The van der Waals surface area contributed by atoms with Gasteiger partial charge in [-0.3, -0.25) is 4.79 Å². The van der Waals surface area contributed by atoms with Crippen LogP contribution < -0.4 is 10.1 Å². The van der Waals surface area contributed by atoms with Crippen LogP contribution in [-0.2, 0) is 24.2 Å². The molecule has 152 valence electrons. The number of amides is 1. The van der Waals surface area contributed by atoms with Gasteiger partial charge in [-0.25, -0.2) is 4.98 Å². The fourth-order valence-corrected chi connectivity index (χ4v) is 3.38. The lowest BCUT2D eigenvalue weighted by Gasteiger charge is -2.12. The molecule has 0 saturated carbocycles. The molecule has 0 bridgehead atoms. The first kappa shape index (κ1) is 20.6. The first-order chi connectivity index (χ1) is 14.2. The Balaban J connectivity index is 1.63. The number of hydrogen-bond acceptors (Lipinski definition) is 3. The lowest BCUT2D eigenvalue weighted by Crippen LogP contribution is -2.25. The molecule has 3 aromatic rings. The van der Waals surface area contributed by atoms with Crippen LogP contribution in [0.1, 0.15) is 31.2 Å². The van der Waals surface area contributed by atoms with Gasteiger partial charge < -0.3 is 14.6 Å². The summed E-state index contributed by atoms with van der Waals surface area (Å²) < 4.78 is 8.27. The van der Waals surface area contributed by atoms with Crippen LogP contribution in [0.4, 0.5) is 0 Å². The molecule has 0 fully saturated rings. The number of carbonyl (C=O) groups is 1. The van der Waals surface area contributed by atoms with Crippen molar-refractivity contribution in [2.24, 2.45) is 0 Å². The number of allylic oxidation sites excluding steroid dienone is 1. The van der Waals surface area contributed by atoms with Gasteiger partial charge in [0, 0.05) is 25.9 Å². The number of para-hydroxylation sites is 3. The van der Waals surface area contributed by atoms with Gasteiger partial charge in [-0.2, -0.15) is 0 Å². The molecule has 2 aromatic carbocycles. The lowest BCUT2D eigenvalue weighted by atomic mass is 10.1. The van der Waals surface area contributed by atoms with E-state index < -0.39 is 0 Å². The number of nitrogens with one attached hydrogen (secondary N) is 1. The summed E-state index contributed by atoms with van der Waals surface area (Å²) in [6, 6.07) is 16.3. The van der Waals surface area contributed by atoms with E-state index in [0.717, 1.165) is 47.6 Å². The molecular weight excluding hydrogens is 362 g/mol. The van der Waals surface area contributed by atoms with Gasteiger partial charge in [0.1, 0.15) is 11.6 Å². The Morgan fingerprint density at radius 1 is 1.21 bits per heavy atom. The molecule has 5 nitrogen and oxygen atoms in total. The van der Waals surface area contributed by atoms with Crippen molar-refractivity contribution in [3.8, 4) is 5.75 Å². The zero-order valence-electron chi connectivity index (χ0n) is 17.1. The summed E-state index contributed by atoms with van der Waals surface area (Å²) >= 11 is 0. The van der Waals surface area contributed by atoms with Crippen molar-refractivity contribution in [2.45, 2.75) is 39.2 Å². The Hall–Kier alpha value is -3.08. The number of hydrogen-bond donors (Lipinski definition) is 1. The van der Waals surface area contributed by atoms with Crippen LogP contribution in [-0.4, -0.2) is 28.6 Å². The highest BCUT2D eigenvalue weighted by Gasteiger charge is 2.11. The molecule has 5 heteroatoms. The Morgan fingerprint density at radius 2 is 2.00 bits per heavy atom. The molecule has 0 aliphatic heterocycles. The summed E-state index contributed by atoms with van der Waals surface area (Å²) in [6.45, 7) is 7.72. The van der Waals surface area contributed by atoms with Gasteiger partial charge in [0.2, 0.25) is 5.91 Å². The van der Waals surface area contributed by atoms with E-state index in [-0.39, 0.29) is 5.91 Å². The minimum atomic E-state index is 0.0688. The van der Waals surface area contributed by atoms with E-state index in [0.29, 0.717) is 26.0 Å². The highest BCUT2D eigenvalue weighted by atomic mass is 16.5. The second-order valence-corrected chi connectivity index (χ2v) is 6.92. The minimum absolute atomic E-state index is 0.0688. The number of ether oxygens (including phenoxy) is 1. The smallest absolute Gasteiger partial charge is 0.219 e. The zero-order chi connectivity index (χ0) is 20.5. The number of aromatic nitrogens is 2. The number of imidazole rings is 1. The second-order valence-electron chi connectivity index (χ2n) is 6.92. The van der Waals surface area contributed by atoms with E-state index in [1.165, 1.54) is 0 Å². The van der Waals surface area contributed by atoms with Gasteiger partial charge in [0.25, 0.3) is 0 Å². The second kappa shape index (κ2) is 10.5. The Morgan fingerprint density at radius 3 is 2.83 bits per heavy atom. The fourth-order valence-electron chi connectivity index (χ4n) is 3.38. The van der Waals surface area contributed by atoms with Gasteiger partial charge in [0.05, 0.1) is 17.6 Å². The molecule has 0 atom stereocenters. The first-order valence-electron chi connectivity index (χ1n) is 10.3. The molecule has 1 heterocycles. The number of aryl methyl sites for hydroxylation is 1. The van der Waals surface area contributed by atoms with Gasteiger partial charge in [-0.05, 0) is 36.6 Å². The van der Waals surface area contributed by atoms with Gasteiger partial charge in [-0.1, -0.05) is 43.3 Å². The molecule has 0 aliphatic carbocycles. The van der Waals surface area contributed by atoms with Crippen LogP contribution >= 0.6 is 0 Å². The van der Waals surface area contributed by atoms with Crippen molar-refractivity contribution in [3.63, 3.8) is 0 Å². The standard InChI is InChI=1S/C24H29N3O2/c1-3-10-19-11-5-8-14-22(19)29-18-9-17-27-21-13-7-6-12-20(21)26-23(27)15-16-25-24(28)4-2/h3,5-8,11-14H,1,4,9-10,15-18H2,2H3,(H,25,28). The van der Waals surface area contributed by atoms with Gasteiger partial charge in [-0.15, -0.1) is 6.58 Å². The van der Waals surface area contributed by atoms with Crippen LogP contribution in [0, 0.1) is 0 Å². The van der Waals surface area contributed by atoms with Crippen LogP contribution in [0.3, 0.4) is 0 Å². The third-order valence-corrected chi connectivity index (χ3v) is 4.85. The molecular formula is C24H29N3O2. The highest BCUT2D eigenvalue weighted by Crippen LogP contribution is 2.20. The third kappa shape index (κ3) is 5.47. The van der Waals surface area contributed by atoms with E-state index >= 15 is 0 Å². The van der Waals surface area contributed by atoms with Crippen LogP contribution in [0.2, 0.25) is 0 Å². The normalized spacial score (nSPS) is 10.8. The molecule has 0 radical (unpaired) electrons. The maximum atomic E-state index is 11.5. The number of fused-ring (bicyclic) bond motifs is 1. The monoisotopic (exact) mass is 391 g/mol. The van der Waals surface area contributed by atoms with E-state index in [1.54, 1.807) is 0 Å². The number of rotatable bonds is 11.